The number of para-hydroxylation sites is 1. The summed E-state index contributed by atoms with van der Waals surface area (Å²) >= 11 is 13.0. The predicted octanol–water partition coefficient (Wildman–Crippen LogP) is 6.30. The Balaban J connectivity index is 1.59. The molecule has 0 unspecified atom stereocenters. The average Bonchev–Trinajstić information content (AvgIpc) is 2.94. The minimum atomic E-state index is -0.604. The van der Waals surface area contributed by atoms with E-state index < -0.39 is 4.33 Å². The highest BCUT2D eigenvalue weighted by atomic mass is 35.5. The van der Waals surface area contributed by atoms with Gasteiger partial charge in [-0.25, -0.2) is 0 Å². The zero-order valence-electron chi connectivity index (χ0n) is 15.5. The summed E-state index contributed by atoms with van der Waals surface area (Å²) in [7, 11) is 0. The Hall–Kier alpha value is -0.440. The van der Waals surface area contributed by atoms with Crippen molar-refractivity contribution in [1.29, 1.82) is 0 Å². The molecule has 1 saturated carbocycles. The summed E-state index contributed by atoms with van der Waals surface area (Å²) in [5, 5.41) is 0. The van der Waals surface area contributed by atoms with E-state index in [1.165, 1.54) is 5.56 Å². The quantitative estimate of drug-likeness (QED) is 0.570. The van der Waals surface area contributed by atoms with Crippen LogP contribution in [0.1, 0.15) is 65.0 Å². The maximum atomic E-state index is 6.57. The smallest absolute Gasteiger partial charge is 0.127 e. The standard InChI is InChI=1S/C21H28Cl2O2/c1-13-9-10-15-18(24-13)14-7-5-6-8-16(14)25-20(15,4)12-11-17-19(2,3)21(17,22)23/h5-8,13,15,17-18H,9-12H2,1-4H3/t13-,15+,17+,18-,20-/m0/s1. The van der Waals surface area contributed by atoms with Gasteiger partial charge in [0, 0.05) is 22.8 Å². The van der Waals surface area contributed by atoms with Gasteiger partial charge in [-0.15, -0.1) is 23.2 Å². The number of ether oxygens (including phenoxy) is 2. The fraction of sp³-hybridized carbons (Fsp3) is 0.714. The zero-order valence-corrected chi connectivity index (χ0v) is 17.0. The predicted molar refractivity (Wildman–Crippen MR) is 102 cm³/mol. The summed E-state index contributed by atoms with van der Waals surface area (Å²) in [5.74, 6) is 1.67. The summed E-state index contributed by atoms with van der Waals surface area (Å²) in [6.45, 7) is 8.74. The molecule has 2 aliphatic heterocycles. The minimum absolute atomic E-state index is 0.0178. The number of benzene rings is 1. The van der Waals surface area contributed by atoms with Crippen molar-refractivity contribution >= 4 is 23.2 Å². The molecule has 0 amide bonds. The van der Waals surface area contributed by atoms with E-state index in [0.29, 0.717) is 17.9 Å². The van der Waals surface area contributed by atoms with E-state index >= 15 is 0 Å². The molecule has 1 saturated heterocycles. The summed E-state index contributed by atoms with van der Waals surface area (Å²) in [4.78, 5) is 0. The molecule has 25 heavy (non-hydrogen) atoms. The summed E-state index contributed by atoms with van der Waals surface area (Å²) in [6, 6.07) is 8.34. The van der Waals surface area contributed by atoms with Crippen LogP contribution < -0.4 is 4.74 Å². The molecular weight excluding hydrogens is 355 g/mol. The topological polar surface area (TPSA) is 18.5 Å². The highest BCUT2D eigenvalue weighted by molar-refractivity contribution is 6.51. The van der Waals surface area contributed by atoms with Gasteiger partial charge in [0.05, 0.1) is 12.2 Å². The van der Waals surface area contributed by atoms with Crippen molar-refractivity contribution in [2.75, 3.05) is 0 Å². The molecule has 0 radical (unpaired) electrons. The number of hydrogen-bond donors (Lipinski definition) is 0. The van der Waals surface area contributed by atoms with Crippen LogP contribution in [0.15, 0.2) is 24.3 Å². The minimum Gasteiger partial charge on any atom is -0.487 e. The molecule has 5 atom stereocenters. The van der Waals surface area contributed by atoms with Crippen LogP contribution in [0.4, 0.5) is 0 Å². The normalized spacial score (nSPS) is 40.6. The molecule has 1 aliphatic carbocycles. The maximum Gasteiger partial charge on any atom is 0.127 e. The SMILES string of the molecule is C[C@H]1CC[C@@H]2[C@@H](O1)c1ccccc1O[C@@]2(C)CC[C@@H]1C(C)(C)C1(Cl)Cl. The molecule has 0 spiro atoms. The molecule has 2 fully saturated rings. The molecule has 2 heterocycles. The van der Waals surface area contributed by atoms with E-state index in [9.17, 15) is 0 Å². The monoisotopic (exact) mass is 382 g/mol. The first-order valence-corrected chi connectivity index (χ1v) is 10.2. The van der Waals surface area contributed by atoms with E-state index in [1.54, 1.807) is 0 Å². The van der Waals surface area contributed by atoms with Crippen molar-refractivity contribution in [2.45, 2.75) is 75.5 Å². The number of hydrogen-bond acceptors (Lipinski definition) is 2. The lowest BCUT2D eigenvalue weighted by molar-refractivity contribution is -0.153. The summed E-state index contributed by atoms with van der Waals surface area (Å²) in [5.41, 5.74) is 0.949. The van der Waals surface area contributed by atoms with Crippen molar-refractivity contribution in [3.63, 3.8) is 0 Å². The van der Waals surface area contributed by atoms with Gasteiger partial charge in [0.15, 0.2) is 0 Å². The molecule has 138 valence electrons. The average molecular weight is 383 g/mol. The summed E-state index contributed by atoms with van der Waals surface area (Å²) < 4.78 is 12.4. The Morgan fingerprint density at radius 2 is 1.80 bits per heavy atom. The highest BCUT2D eigenvalue weighted by Gasteiger charge is 2.69. The molecule has 0 bridgehead atoms. The first kappa shape index (κ1) is 17.9. The van der Waals surface area contributed by atoms with Crippen LogP contribution >= 0.6 is 23.2 Å². The Morgan fingerprint density at radius 3 is 2.48 bits per heavy atom. The van der Waals surface area contributed by atoms with Gasteiger partial charge in [-0.3, -0.25) is 0 Å². The second kappa shape index (κ2) is 5.78. The fourth-order valence-electron chi connectivity index (χ4n) is 5.00. The lowest BCUT2D eigenvalue weighted by Crippen LogP contribution is -2.50. The van der Waals surface area contributed by atoms with Crippen molar-refractivity contribution in [1.82, 2.24) is 0 Å². The third-order valence-corrected chi connectivity index (χ3v) is 8.50. The van der Waals surface area contributed by atoms with Crippen molar-refractivity contribution in [2.24, 2.45) is 17.3 Å². The van der Waals surface area contributed by atoms with Gasteiger partial charge in [-0.1, -0.05) is 32.0 Å². The molecule has 2 nitrogen and oxygen atoms in total. The molecular formula is C21H28Cl2O2. The number of fused-ring (bicyclic) bond motifs is 3. The number of halogens is 2. The molecule has 1 aromatic rings. The fourth-order valence-corrected chi connectivity index (χ4v) is 5.91. The molecule has 0 N–H and O–H groups in total. The van der Waals surface area contributed by atoms with Gasteiger partial charge in [-0.2, -0.15) is 0 Å². The van der Waals surface area contributed by atoms with E-state index in [0.717, 1.165) is 31.4 Å². The largest absolute Gasteiger partial charge is 0.487 e. The molecule has 4 heteroatoms. The molecule has 1 aromatic carbocycles. The van der Waals surface area contributed by atoms with Gasteiger partial charge in [0.25, 0.3) is 0 Å². The van der Waals surface area contributed by atoms with Crippen molar-refractivity contribution in [3.8, 4) is 5.75 Å². The van der Waals surface area contributed by atoms with Gasteiger partial charge in [0.1, 0.15) is 15.7 Å². The van der Waals surface area contributed by atoms with Crippen molar-refractivity contribution in [3.05, 3.63) is 29.8 Å². The Bertz CT molecular complexity index is 658. The third kappa shape index (κ3) is 2.71. The number of rotatable bonds is 3. The number of alkyl halides is 2. The lowest BCUT2D eigenvalue weighted by atomic mass is 9.72. The molecule has 0 aromatic heterocycles. The Kier molecular flexibility index (Phi) is 4.15. The van der Waals surface area contributed by atoms with Gasteiger partial charge >= 0.3 is 0 Å². The highest BCUT2D eigenvalue weighted by Crippen LogP contribution is 2.70. The summed E-state index contributed by atoms with van der Waals surface area (Å²) in [6.07, 6.45) is 4.59. The second-order valence-electron chi connectivity index (χ2n) is 8.94. The maximum absolute atomic E-state index is 6.57. The first-order chi connectivity index (χ1) is 11.7. The van der Waals surface area contributed by atoms with Crippen LogP contribution in [0.3, 0.4) is 0 Å². The van der Waals surface area contributed by atoms with Crippen LogP contribution in [0.25, 0.3) is 0 Å². The van der Waals surface area contributed by atoms with E-state index in [-0.39, 0.29) is 17.1 Å². The molecule has 4 rings (SSSR count). The molecule has 3 aliphatic rings. The van der Waals surface area contributed by atoms with E-state index in [1.807, 2.05) is 6.07 Å². The third-order valence-electron chi connectivity index (χ3n) is 7.00. The van der Waals surface area contributed by atoms with Gasteiger partial charge in [-0.05, 0) is 45.6 Å². The van der Waals surface area contributed by atoms with Gasteiger partial charge < -0.3 is 9.47 Å². The Labute approximate surface area is 161 Å². The zero-order chi connectivity index (χ0) is 18.0. The van der Waals surface area contributed by atoms with Crippen LogP contribution in [0.2, 0.25) is 0 Å². The van der Waals surface area contributed by atoms with Crippen LogP contribution in [0.5, 0.6) is 5.75 Å². The van der Waals surface area contributed by atoms with Crippen molar-refractivity contribution < 1.29 is 9.47 Å². The van der Waals surface area contributed by atoms with Crippen LogP contribution in [-0.4, -0.2) is 16.0 Å². The Morgan fingerprint density at radius 1 is 1.12 bits per heavy atom. The van der Waals surface area contributed by atoms with Crippen LogP contribution in [0, 0.1) is 17.3 Å². The first-order valence-electron chi connectivity index (χ1n) is 9.48. The second-order valence-corrected chi connectivity index (χ2v) is 10.3. The van der Waals surface area contributed by atoms with Crippen LogP contribution in [-0.2, 0) is 4.74 Å². The van der Waals surface area contributed by atoms with Gasteiger partial charge in [0.2, 0.25) is 0 Å². The van der Waals surface area contributed by atoms with E-state index in [4.69, 9.17) is 32.7 Å². The lowest BCUT2D eigenvalue weighted by Gasteiger charge is -2.50. The van der Waals surface area contributed by atoms with E-state index in [2.05, 4.69) is 45.9 Å².